The van der Waals surface area contributed by atoms with Crippen molar-refractivity contribution in [3.63, 3.8) is 0 Å². The molecule has 0 amide bonds. The molecule has 1 saturated carbocycles. The highest BCUT2D eigenvalue weighted by atomic mass is 35.5. The van der Waals surface area contributed by atoms with E-state index in [2.05, 4.69) is 30.8 Å². The Kier molecular flexibility index (Phi) is 4.36. The van der Waals surface area contributed by atoms with Crippen LogP contribution < -0.4 is 5.32 Å². The molecule has 0 spiro atoms. The lowest BCUT2D eigenvalue weighted by molar-refractivity contribution is 0.379. The van der Waals surface area contributed by atoms with Crippen molar-refractivity contribution in [1.29, 1.82) is 0 Å². The number of rotatable bonds is 7. The van der Waals surface area contributed by atoms with Crippen LogP contribution in [0.3, 0.4) is 0 Å². The molecule has 1 aromatic heterocycles. The monoisotopic (exact) mass is 281 g/mol. The van der Waals surface area contributed by atoms with E-state index in [9.17, 15) is 0 Å². The Balaban J connectivity index is 2.11. The SMILES string of the molecule is C=CC(C)(CNC1CC1)Cc1c(Cl)c(CC)nn1C. The second-order valence-electron chi connectivity index (χ2n) is 5.87. The number of nitrogens with zero attached hydrogens (tertiary/aromatic N) is 2. The van der Waals surface area contributed by atoms with Crippen molar-refractivity contribution in [2.24, 2.45) is 12.5 Å². The molecule has 1 aromatic rings. The van der Waals surface area contributed by atoms with Crippen molar-refractivity contribution in [2.45, 2.75) is 45.6 Å². The molecule has 1 heterocycles. The third kappa shape index (κ3) is 3.40. The first kappa shape index (κ1) is 14.6. The summed E-state index contributed by atoms with van der Waals surface area (Å²) in [7, 11) is 1.97. The van der Waals surface area contributed by atoms with Gasteiger partial charge >= 0.3 is 0 Å². The van der Waals surface area contributed by atoms with Crippen LogP contribution in [-0.2, 0) is 19.9 Å². The first-order chi connectivity index (χ1) is 8.99. The predicted octanol–water partition coefficient (Wildman–Crippen LogP) is 3.12. The first-order valence-corrected chi connectivity index (χ1v) is 7.44. The summed E-state index contributed by atoms with van der Waals surface area (Å²) in [6.07, 6.45) is 6.40. The van der Waals surface area contributed by atoms with E-state index in [0.29, 0.717) is 6.04 Å². The van der Waals surface area contributed by atoms with Crippen LogP contribution >= 0.6 is 11.6 Å². The summed E-state index contributed by atoms with van der Waals surface area (Å²) >= 11 is 6.43. The molecule has 4 heteroatoms. The van der Waals surface area contributed by atoms with Crippen molar-refractivity contribution < 1.29 is 0 Å². The van der Waals surface area contributed by atoms with E-state index in [1.165, 1.54) is 12.8 Å². The Morgan fingerprint density at radius 3 is 2.74 bits per heavy atom. The summed E-state index contributed by atoms with van der Waals surface area (Å²) in [6.45, 7) is 9.26. The fourth-order valence-corrected chi connectivity index (χ4v) is 2.63. The van der Waals surface area contributed by atoms with Gasteiger partial charge in [-0.2, -0.15) is 5.10 Å². The molecular weight excluding hydrogens is 258 g/mol. The van der Waals surface area contributed by atoms with E-state index in [4.69, 9.17) is 11.6 Å². The first-order valence-electron chi connectivity index (χ1n) is 7.06. The molecule has 3 nitrogen and oxygen atoms in total. The molecule has 1 aliphatic rings. The molecule has 0 aromatic carbocycles. The Morgan fingerprint density at radius 2 is 2.26 bits per heavy atom. The molecule has 106 valence electrons. The van der Waals surface area contributed by atoms with E-state index >= 15 is 0 Å². The molecule has 0 bridgehead atoms. The molecule has 0 saturated heterocycles. The van der Waals surface area contributed by atoms with Gasteiger partial charge in [0, 0.05) is 31.5 Å². The van der Waals surface area contributed by atoms with Crippen LogP contribution in [0.25, 0.3) is 0 Å². The molecular formula is C15H24ClN3. The summed E-state index contributed by atoms with van der Waals surface area (Å²) in [5.41, 5.74) is 2.12. The van der Waals surface area contributed by atoms with E-state index in [1.807, 2.05) is 17.8 Å². The number of halogens is 1. The zero-order valence-electron chi connectivity index (χ0n) is 12.2. The van der Waals surface area contributed by atoms with Gasteiger partial charge in [0.05, 0.1) is 16.4 Å². The number of hydrogen-bond acceptors (Lipinski definition) is 2. The summed E-state index contributed by atoms with van der Waals surface area (Å²) < 4.78 is 1.92. The largest absolute Gasteiger partial charge is 0.313 e. The predicted molar refractivity (Wildman–Crippen MR) is 80.6 cm³/mol. The van der Waals surface area contributed by atoms with Crippen molar-refractivity contribution in [1.82, 2.24) is 15.1 Å². The van der Waals surface area contributed by atoms with Gasteiger partial charge in [0.1, 0.15) is 0 Å². The topological polar surface area (TPSA) is 29.9 Å². The van der Waals surface area contributed by atoms with Crippen LogP contribution in [-0.4, -0.2) is 22.4 Å². The second kappa shape index (κ2) is 5.68. The van der Waals surface area contributed by atoms with Crippen molar-refractivity contribution in [3.8, 4) is 0 Å². The van der Waals surface area contributed by atoms with Crippen LogP contribution in [0.5, 0.6) is 0 Å². The van der Waals surface area contributed by atoms with Crippen LogP contribution in [0.4, 0.5) is 0 Å². The molecule has 19 heavy (non-hydrogen) atoms. The zero-order valence-corrected chi connectivity index (χ0v) is 12.9. The lowest BCUT2D eigenvalue weighted by Gasteiger charge is -2.26. The highest BCUT2D eigenvalue weighted by Gasteiger charge is 2.28. The molecule has 1 aliphatic carbocycles. The Hall–Kier alpha value is -0.800. The van der Waals surface area contributed by atoms with E-state index in [0.717, 1.165) is 35.8 Å². The lowest BCUT2D eigenvalue weighted by Crippen LogP contribution is -2.33. The molecule has 1 N–H and O–H groups in total. The van der Waals surface area contributed by atoms with Gasteiger partial charge in [0.2, 0.25) is 0 Å². The number of nitrogens with one attached hydrogen (secondary N) is 1. The number of aryl methyl sites for hydroxylation is 2. The smallest absolute Gasteiger partial charge is 0.0850 e. The average Bonchev–Trinajstić information content (AvgIpc) is 3.19. The van der Waals surface area contributed by atoms with Crippen LogP contribution in [0.2, 0.25) is 5.02 Å². The fourth-order valence-electron chi connectivity index (χ4n) is 2.27. The second-order valence-corrected chi connectivity index (χ2v) is 6.25. The highest BCUT2D eigenvalue weighted by molar-refractivity contribution is 6.31. The molecule has 0 radical (unpaired) electrons. The molecule has 1 atom stereocenters. The maximum atomic E-state index is 6.43. The van der Waals surface area contributed by atoms with Gasteiger partial charge in [0.25, 0.3) is 0 Å². The Morgan fingerprint density at radius 1 is 1.58 bits per heavy atom. The van der Waals surface area contributed by atoms with Gasteiger partial charge in [-0.1, -0.05) is 31.5 Å². The standard InChI is InChI=1S/C15H24ClN3/c1-5-12-14(16)13(19(4)18-12)9-15(3,6-2)10-17-11-7-8-11/h6,11,17H,2,5,7-10H2,1,3-4H3. The fraction of sp³-hybridized carbons (Fsp3) is 0.667. The lowest BCUT2D eigenvalue weighted by atomic mass is 9.85. The van der Waals surface area contributed by atoms with E-state index < -0.39 is 0 Å². The molecule has 2 rings (SSSR count). The highest BCUT2D eigenvalue weighted by Crippen LogP contribution is 2.30. The minimum absolute atomic E-state index is 0.0189. The van der Waals surface area contributed by atoms with Gasteiger partial charge in [-0.3, -0.25) is 4.68 Å². The summed E-state index contributed by atoms with van der Waals surface area (Å²) in [5.74, 6) is 0. The van der Waals surface area contributed by atoms with Gasteiger partial charge < -0.3 is 5.32 Å². The number of aromatic nitrogens is 2. The van der Waals surface area contributed by atoms with Gasteiger partial charge in [-0.15, -0.1) is 6.58 Å². The minimum atomic E-state index is 0.0189. The van der Waals surface area contributed by atoms with Crippen LogP contribution in [0.15, 0.2) is 12.7 Å². The van der Waals surface area contributed by atoms with Crippen molar-refractivity contribution >= 4 is 11.6 Å². The molecule has 1 unspecified atom stereocenters. The van der Waals surface area contributed by atoms with Gasteiger partial charge in [-0.25, -0.2) is 0 Å². The quantitative estimate of drug-likeness (QED) is 0.778. The summed E-state index contributed by atoms with van der Waals surface area (Å²) in [4.78, 5) is 0. The zero-order chi connectivity index (χ0) is 14.0. The maximum Gasteiger partial charge on any atom is 0.0850 e. The average molecular weight is 282 g/mol. The summed E-state index contributed by atoms with van der Waals surface area (Å²) in [5, 5.41) is 8.89. The maximum absolute atomic E-state index is 6.43. The molecule has 1 fully saturated rings. The van der Waals surface area contributed by atoms with Crippen molar-refractivity contribution in [3.05, 3.63) is 29.1 Å². The Bertz CT molecular complexity index is 462. The van der Waals surface area contributed by atoms with Crippen molar-refractivity contribution in [2.75, 3.05) is 6.54 Å². The van der Waals surface area contributed by atoms with Crippen LogP contribution in [0.1, 0.15) is 38.1 Å². The van der Waals surface area contributed by atoms with Gasteiger partial charge in [0.15, 0.2) is 0 Å². The van der Waals surface area contributed by atoms with Crippen LogP contribution in [0, 0.1) is 5.41 Å². The number of hydrogen-bond donors (Lipinski definition) is 1. The minimum Gasteiger partial charge on any atom is -0.313 e. The van der Waals surface area contributed by atoms with E-state index in [1.54, 1.807) is 0 Å². The summed E-state index contributed by atoms with van der Waals surface area (Å²) in [6, 6.07) is 0.715. The molecule has 0 aliphatic heterocycles. The normalized spacial score (nSPS) is 18.3. The third-order valence-electron chi connectivity index (χ3n) is 3.94. The van der Waals surface area contributed by atoms with Gasteiger partial charge in [-0.05, 0) is 19.3 Å². The Labute approximate surface area is 121 Å². The van der Waals surface area contributed by atoms with E-state index in [-0.39, 0.29) is 5.41 Å². The third-order valence-corrected chi connectivity index (χ3v) is 4.38.